The second kappa shape index (κ2) is 4.04. The van der Waals surface area contributed by atoms with Crippen molar-refractivity contribution in [3.8, 4) is 0 Å². The van der Waals surface area contributed by atoms with Gasteiger partial charge in [-0.05, 0) is 6.42 Å². The summed E-state index contributed by atoms with van der Waals surface area (Å²) < 4.78 is 24.1. The average Bonchev–Trinajstić information content (AvgIpc) is 2.26. The summed E-state index contributed by atoms with van der Waals surface area (Å²) in [5.41, 5.74) is 6.27. The Morgan fingerprint density at radius 2 is 2.24 bits per heavy atom. The third kappa shape index (κ3) is 2.42. The normalized spacial score (nSPS) is 16.5. The van der Waals surface area contributed by atoms with E-state index >= 15 is 0 Å². The molecule has 2 heterocycles. The van der Waals surface area contributed by atoms with Crippen LogP contribution in [0.1, 0.15) is 21.9 Å². The van der Waals surface area contributed by atoms with Crippen LogP contribution < -0.4 is 5.73 Å². The van der Waals surface area contributed by atoms with Crippen LogP contribution in [-0.2, 0) is 23.0 Å². The Bertz CT molecular complexity index is 570. The van der Waals surface area contributed by atoms with Crippen molar-refractivity contribution in [1.29, 1.82) is 0 Å². The lowest BCUT2D eigenvalue weighted by atomic mass is 10.1. The van der Waals surface area contributed by atoms with Gasteiger partial charge in [0.05, 0.1) is 24.7 Å². The molecule has 0 spiro atoms. The van der Waals surface area contributed by atoms with E-state index in [4.69, 9.17) is 5.73 Å². The van der Waals surface area contributed by atoms with Crippen molar-refractivity contribution in [2.24, 2.45) is 5.73 Å². The molecular formula is C9H11N4O3S. The van der Waals surface area contributed by atoms with Gasteiger partial charge in [-0.3, -0.25) is 4.79 Å². The molecule has 0 fully saturated rings. The molecule has 0 aromatic carbocycles. The molecule has 1 aromatic heterocycles. The van der Waals surface area contributed by atoms with Crippen LogP contribution in [0.3, 0.4) is 0 Å². The molecule has 1 aliphatic heterocycles. The number of carbonyl (C=O) groups excluding carboxylic acids is 1. The van der Waals surface area contributed by atoms with E-state index in [0.29, 0.717) is 18.7 Å². The largest absolute Gasteiger partial charge is 0.363 e. The quantitative estimate of drug-likeness (QED) is 0.706. The zero-order valence-corrected chi connectivity index (χ0v) is 9.99. The lowest BCUT2D eigenvalue weighted by Gasteiger charge is -2.25. The maximum Gasteiger partial charge on any atom is 0.286 e. The Labute approximate surface area is 98.7 Å². The highest BCUT2D eigenvalue weighted by atomic mass is 32.2. The number of nitrogens with zero attached hydrogens (tertiary/aromatic N) is 3. The Kier molecular flexibility index (Phi) is 2.84. The van der Waals surface area contributed by atoms with E-state index in [-0.39, 0.29) is 12.4 Å². The first-order valence-electron chi connectivity index (χ1n) is 4.90. The summed E-state index contributed by atoms with van der Waals surface area (Å²) >= 11 is 0. The van der Waals surface area contributed by atoms with E-state index in [1.807, 2.05) is 0 Å². The predicted octanol–water partition coefficient (Wildman–Crippen LogP) is -1.31. The second-order valence-corrected chi connectivity index (χ2v) is 5.78. The van der Waals surface area contributed by atoms with Crippen LogP contribution in [0.4, 0.5) is 0 Å². The molecule has 2 rings (SSSR count). The van der Waals surface area contributed by atoms with Crippen molar-refractivity contribution in [2.75, 3.05) is 12.8 Å². The topological polar surface area (TPSA) is 106 Å². The van der Waals surface area contributed by atoms with Gasteiger partial charge in [0.15, 0.2) is 0 Å². The number of fused-ring (bicyclic) bond motifs is 1. The summed E-state index contributed by atoms with van der Waals surface area (Å²) in [7, 11) is -3.26. The van der Waals surface area contributed by atoms with Crippen molar-refractivity contribution < 1.29 is 13.2 Å². The number of amides is 1. The standard InChI is InChI=1S/C9H11N4O3S/c1-17(15,16)13-3-2-6-4-11-9(8(10)14)12-7(6)5-13/h2-3,5H2,1H3,(H2,10,14). The van der Waals surface area contributed by atoms with Gasteiger partial charge < -0.3 is 5.73 Å². The van der Waals surface area contributed by atoms with Gasteiger partial charge in [-0.25, -0.2) is 18.4 Å². The minimum atomic E-state index is -3.26. The Hall–Kier alpha value is -1.54. The number of rotatable bonds is 2. The third-order valence-electron chi connectivity index (χ3n) is 2.51. The van der Waals surface area contributed by atoms with E-state index < -0.39 is 15.9 Å². The molecule has 7 nitrogen and oxygen atoms in total. The van der Waals surface area contributed by atoms with Crippen LogP contribution in [0, 0.1) is 6.20 Å². The molecule has 0 atom stereocenters. The summed E-state index contributed by atoms with van der Waals surface area (Å²) in [6.45, 7) is 0.509. The van der Waals surface area contributed by atoms with Crippen molar-refractivity contribution >= 4 is 15.9 Å². The number of carbonyl (C=O) groups is 1. The van der Waals surface area contributed by atoms with Crippen LogP contribution in [0.5, 0.6) is 0 Å². The summed E-state index contributed by atoms with van der Waals surface area (Å²) in [4.78, 5) is 18.6. The molecule has 0 saturated heterocycles. The second-order valence-electron chi connectivity index (χ2n) is 3.80. The molecule has 1 aliphatic rings. The fraction of sp³-hybridized carbons (Fsp3) is 0.444. The number of hydrogen-bond donors (Lipinski definition) is 1. The maximum absolute atomic E-state index is 11.4. The summed E-state index contributed by atoms with van der Waals surface area (Å²) in [5.74, 6) is -0.889. The first-order chi connectivity index (χ1) is 7.88. The molecule has 1 amide bonds. The first kappa shape index (κ1) is 11.9. The zero-order valence-electron chi connectivity index (χ0n) is 9.17. The number of nitrogens with two attached hydrogens (primary N) is 1. The Morgan fingerprint density at radius 1 is 1.53 bits per heavy atom. The molecular weight excluding hydrogens is 244 g/mol. The first-order valence-corrected chi connectivity index (χ1v) is 6.75. The lowest BCUT2D eigenvalue weighted by molar-refractivity contribution is 0.0989. The van der Waals surface area contributed by atoms with E-state index in [1.54, 1.807) is 0 Å². The highest BCUT2D eigenvalue weighted by Crippen LogP contribution is 2.17. The van der Waals surface area contributed by atoms with E-state index in [1.165, 1.54) is 4.31 Å². The van der Waals surface area contributed by atoms with Crippen LogP contribution in [0.15, 0.2) is 0 Å². The summed E-state index contributed by atoms with van der Waals surface area (Å²) in [6.07, 6.45) is 4.30. The van der Waals surface area contributed by atoms with Gasteiger partial charge in [-0.2, -0.15) is 4.31 Å². The van der Waals surface area contributed by atoms with Crippen LogP contribution in [0.2, 0.25) is 0 Å². The number of sulfonamides is 1. The molecule has 0 unspecified atom stereocenters. The molecule has 1 aromatic rings. The molecule has 0 aliphatic carbocycles. The third-order valence-corrected chi connectivity index (χ3v) is 3.76. The van der Waals surface area contributed by atoms with Crippen LogP contribution in [-0.4, -0.2) is 41.4 Å². The molecule has 91 valence electrons. The van der Waals surface area contributed by atoms with Gasteiger partial charge in [-0.15, -0.1) is 0 Å². The molecule has 0 bridgehead atoms. The lowest BCUT2D eigenvalue weighted by Crippen LogP contribution is -2.36. The number of hydrogen-bond acceptors (Lipinski definition) is 5. The van der Waals surface area contributed by atoms with Gasteiger partial charge in [0.25, 0.3) is 5.91 Å². The monoisotopic (exact) mass is 255 g/mol. The minimum Gasteiger partial charge on any atom is -0.363 e. The van der Waals surface area contributed by atoms with Gasteiger partial charge >= 0.3 is 0 Å². The molecule has 0 saturated carbocycles. The Balaban J connectivity index is 2.36. The van der Waals surface area contributed by atoms with Gasteiger partial charge in [0, 0.05) is 12.1 Å². The van der Waals surface area contributed by atoms with E-state index in [0.717, 1.165) is 11.8 Å². The fourth-order valence-corrected chi connectivity index (χ4v) is 2.39. The summed E-state index contributed by atoms with van der Waals surface area (Å²) in [6, 6.07) is 0. The highest BCUT2D eigenvalue weighted by molar-refractivity contribution is 7.88. The van der Waals surface area contributed by atoms with Crippen molar-refractivity contribution in [2.45, 2.75) is 13.0 Å². The molecule has 1 radical (unpaired) electrons. The van der Waals surface area contributed by atoms with Gasteiger partial charge in [0.1, 0.15) is 0 Å². The van der Waals surface area contributed by atoms with Crippen molar-refractivity contribution in [1.82, 2.24) is 14.3 Å². The van der Waals surface area contributed by atoms with Crippen LogP contribution >= 0.6 is 0 Å². The zero-order chi connectivity index (χ0) is 12.6. The smallest absolute Gasteiger partial charge is 0.286 e. The number of aromatic nitrogens is 2. The molecule has 2 N–H and O–H groups in total. The number of primary amides is 1. The highest BCUT2D eigenvalue weighted by Gasteiger charge is 2.25. The van der Waals surface area contributed by atoms with Crippen molar-refractivity contribution in [3.63, 3.8) is 0 Å². The average molecular weight is 255 g/mol. The van der Waals surface area contributed by atoms with E-state index in [9.17, 15) is 13.2 Å². The Morgan fingerprint density at radius 3 is 2.82 bits per heavy atom. The fourth-order valence-electron chi connectivity index (χ4n) is 1.61. The molecule has 8 heteroatoms. The molecule has 17 heavy (non-hydrogen) atoms. The van der Waals surface area contributed by atoms with E-state index in [2.05, 4.69) is 16.2 Å². The van der Waals surface area contributed by atoms with Gasteiger partial charge in [0.2, 0.25) is 15.8 Å². The van der Waals surface area contributed by atoms with Crippen molar-refractivity contribution in [3.05, 3.63) is 23.3 Å². The predicted molar refractivity (Wildman–Crippen MR) is 58.3 cm³/mol. The SMILES string of the molecule is CS(=O)(=O)N1CCc2[c]nc(C(N)=O)nc2C1. The maximum atomic E-state index is 11.4. The van der Waals surface area contributed by atoms with Gasteiger partial charge in [-0.1, -0.05) is 0 Å². The minimum absolute atomic E-state index is 0.132. The van der Waals surface area contributed by atoms with Crippen LogP contribution in [0.25, 0.3) is 0 Å². The summed E-state index contributed by atoms with van der Waals surface area (Å²) in [5, 5.41) is 0.